The molecule has 1 rings (SSSR count). The summed E-state index contributed by atoms with van der Waals surface area (Å²) in [6, 6.07) is 0.837. The largest absolute Gasteiger partial charge is 0.183 e. The number of nitrogens with one attached hydrogen (secondary N) is 1. The minimum atomic E-state index is 0.837. The van der Waals surface area contributed by atoms with E-state index < -0.39 is 0 Å². The number of hydrogen-bond donors (Lipinski definition) is 1. The van der Waals surface area contributed by atoms with Gasteiger partial charge < -0.3 is 0 Å². The van der Waals surface area contributed by atoms with Crippen LogP contribution in [0.15, 0.2) is 0 Å². The van der Waals surface area contributed by atoms with Crippen LogP contribution in [0.5, 0.6) is 0 Å². The molecule has 1 fully saturated rings. The molecule has 0 aromatic carbocycles. The lowest BCUT2D eigenvalue weighted by molar-refractivity contribution is -0.666. The predicted octanol–water partition coefficient (Wildman–Crippen LogP) is 0.298. The minimum Gasteiger partial charge on any atom is -0.183 e. The molecule has 0 aromatic rings. The summed E-state index contributed by atoms with van der Waals surface area (Å²) < 4.78 is 0. The van der Waals surface area contributed by atoms with Crippen LogP contribution in [0, 0.1) is 0 Å². The van der Waals surface area contributed by atoms with Gasteiger partial charge in [-0.2, -0.15) is 5.32 Å². The van der Waals surface area contributed by atoms with Crippen molar-refractivity contribution < 1.29 is 5.32 Å². The first-order valence-corrected chi connectivity index (χ1v) is 3.61. The zero-order valence-electron chi connectivity index (χ0n) is 5.61. The summed E-state index contributed by atoms with van der Waals surface area (Å²) in [7, 11) is 2.07. The lowest BCUT2D eigenvalue weighted by atomic mass is 9.96. The highest BCUT2D eigenvalue weighted by Crippen LogP contribution is 2.14. The topological polar surface area (TPSA) is 15.6 Å². The Morgan fingerprint density at radius 2 is 1.75 bits per heavy atom. The Kier molecular flexibility index (Phi) is 2.34. The first-order chi connectivity index (χ1) is 3.93. The van der Waals surface area contributed by atoms with E-state index in [1.165, 1.54) is 32.1 Å². The van der Waals surface area contributed by atoms with Crippen molar-refractivity contribution >= 4 is 0 Å². The third-order valence-electron chi connectivity index (χ3n) is 2.01. The smallest absolute Gasteiger partial charge is 0.130 e. The van der Waals surface area contributed by atoms with Crippen LogP contribution in [0.3, 0.4) is 0 Å². The SMILES string of the molecule is C[NH+]C1CCCCC1. The number of rotatable bonds is 1. The second kappa shape index (κ2) is 3.08. The fourth-order valence-corrected chi connectivity index (χ4v) is 1.39. The fourth-order valence-electron chi connectivity index (χ4n) is 1.39. The maximum Gasteiger partial charge on any atom is 0.130 e. The summed E-state index contributed by atoms with van der Waals surface area (Å²) in [4.78, 5) is 0. The summed E-state index contributed by atoms with van der Waals surface area (Å²) in [5.41, 5.74) is 0. The zero-order valence-corrected chi connectivity index (χ0v) is 5.61. The van der Waals surface area contributed by atoms with E-state index in [-0.39, 0.29) is 0 Å². The summed E-state index contributed by atoms with van der Waals surface area (Å²) in [6.45, 7) is 0. The quantitative estimate of drug-likeness (QED) is 0.503. The molecule has 47 valence electrons. The van der Waals surface area contributed by atoms with E-state index in [9.17, 15) is 0 Å². The molecular formula is C7H15N+. The van der Waals surface area contributed by atoms with Gasteiger partial charge in [-0.05, 0) is 12.8 Å². The molecular weight excluding hydrogens is 98.1 g/mol. The lowest BCUT2D eigenvalue weighted by Gasteiger charge is -2.13. The highest BCUT2D eigenvalue weighted by atomic mass is 14.9. The second-order valence-electron chi connectivity index (χ2n) is 2.62. The van der Waals surface area contributed by atoms with Crippen molar-refractivity contribution in [1.82, 2.24) is 0 Å². The molecule has 0 spiro atoms. The van der Waals surface area contributed by atoms with Gasteiger partial charge in [-0.25, -0.2) is 0 Å². The molecule has 1 nitrogen and oxygen atoms in total. The van der Waals surface area contributed by atoms with Gasteiger partial charge in [-0.3, -0.25) is 0 Å². The molecule has 0 aliphatic heterocycles. The van der Waals surface area contributed by atoms with Crippen molar-refractivity contribution in [3.05, 3.63) is 0 Å². The maximum atomic E-state index is 3.30. The Morgan fingerprint density at radius 1 is 1.12 bits per heavy atom. The third-order valence-corrected chi connectivity index (χ3v) is 2.01. The molecule has 0 atom stereocenters. The van der Waals surface area contributed by atoms with Gasteiger partial charge in [0, 0.05) is 12.8 Å². The Bertz CT molecular complexity index is 55.4. The third kappa shape index (κ3) is 1.48. The Balaban J connectivity index is 2.13. The molecule has 0 unspecified atom stereocenters. The molecule has 1 radical (unpaired) electrons. The van der Waals surface area contributed by atoms with Crippen LogP contribution in [-0.2, 0) is 0 Å². The molecule has 1 aliphatic carbocycles. The molecule has 8 heavy (non-hydrogen) atoms. The van der Waals surface area contributed by atoms with Gasteiger partial charge in [0.15, 0.2) is 0 Å². The first-order valence-electron chi connectivity index (χ1n) is 3.61. The second-order valence-corrected chi connectivity index (χ2v) is 2.62. The van der Waals surface area contributed by atoms with Crippen molar-refractivity contribution in [2.45, 2.75) is 38.1 Å². The van der Waals surface area contributed by atoms with Crippen molar-refractivity contribution in [3.8, 4) is 0 Å². The fraction of sp³-hybridized carbons (Fsp3) is 1.00. The highest BCUT2D eigenvalue weighted by molar-refractivity contribution is 4.61. The van der Waals surface area contributed by atoms with Gasteiger partial charge in [-0.15, -0.1) is 0 Å². The van der Waals surface area contributed by atoms with Crippen molar-refractivity contribution in [1.29, 1.82) is 0 Å². The molecule has 0 aromatic heterocycles. The van der Waals surface area contributed by atoms with Gasteiger partial charge in [-0.1, -0.05) is 6.42 Å². The highest BCUT2D eigenvalue weighted by Gasteiger charge is 2.15. The van der Waals surface area contributed by atoms with Crippen molar-refractivity contribution in [2.24, 2.45) is 0 Å². The van der Waals surface area contributed by atoms with E-state index in [2.05, 4.69) is 12.4 Å². The van der Waals surface area contributed by atoms with Crippen LogP contribution in [0.25, 0.3) is 0 Å². The van der Waals surface area contributed by atoms with E-state index >= 15 is 0 Å². The average Bonchev–Trinajstić information content (AvgIpc) is 1.90. The van der Waals surface area contributed by atoms with Crippen LogP contribution >= 0.6 is 0 Å². The van der Waals surface area contributed by atoms with Gasteiger partial charge in [0.25, 0.3) is 0 Å². The normalized spacial score (nSPS) is 23.6. The van der Waals surface area contributed by atoms with Gasteiger partial charge in [0.2, 0.25) is 0 Å². The first kappa shape index (κ1) is 6.09. The predicted molar refractivity (Wildman–Crippen MR) is 33.8 cm³/mol. The standard InChI is InChI=1S/C7H15N/c1-8-7-5-3-2-4-6-7/h7-8H,2-6H2,1H3/q+1. The van der Waals surface area contributed by atoms with Crippen LogP contribution in [0.2, 0.25) is 0 Å². The molecule has 1 aliphatic rings. The lowest BCUT2D eigenvalue weighted by Crippen LogP contribution is -2.86. The molecule has 1 N–H and O–H groups in total. The summed E-state index contributed by atoms with van der Waals surface area (Å²) in [5, 5.41) is 3.30. The minimum absolute atomic E-state index is 0.837. The van der Waals surface area contributed by atoms with E-state index in [1.54, 1.807) is 0 Å². The molecule has 0 heterocycles. The van der Waals surface area contributed by atoms with Crippen LogP contribution in [0.1, 0.15) is 32.1 Å². The molecule has 0 saturated heterocycles. The van der Waals surface area contributed by atoms with Crippen LogP contribution in [0.4, 0.5) is 0 Å². The Labute approximate surface area is 51.5 Å². The van der Waals surface area contributed by atoms with E-state index in [1.807, 2.05) is 0 Å². The molecule has 1 saturated carbocycles. The summed E-state index contributed by atoms with van der Waals surface area (Å²) in [6.07, 6.45) is 7.13. The molecule has 0 amide bonds. The molecule has 0 bridgehead atoms. The van der Waals surface area contributed by atoms with Gasteiger partial charge in [0.1, 0.15) is 13.1 Å². The van der Waals surface area contributed by atoms with Crippen LogP contribution < -0.4 is 5.32 Å². The monoisotopic (exact) mass is 113 g/mol. The van der Waals surface area contributed by atoms with Gasteiger partial charge >= 0.3 is 0 Å². The maximum absolute atomic E-state index is 3.30. The Hall–Kier alpha value is -0.0400. The van der Waals surface area contributed by atoms with E-state index in [0.29, 0.717) is 0 Å². The molecule has 1 heteroatoms. The summed E-state index contributed by atoms with van der Waals surface area (Å²) in [5.74, 6) is 0. The van der Waals surface area contributed by atoms with Gasteiger partial charge in [0.05, 0.1) is 0 Å². The average molecular weight is 113 g/mol. The zero-order chi connectivity index (χ0) is 5.82. The van der Waals surface area contributed by atoms with Crippen LogP contribution in [-0.4, -0.2) is 13.1 Å². The summed E-state index contributed by atoms with van der Waals surface area (Å²) >= 11 is 0. The number of hydrogen-bond acceptors (Lipinski definition) is 1. The van der Waals surface area contributed by atoms with E-state index in [4.69, 9.17) is 0 Å². The van der Waals surface area contributed by atoms with Crippen molar-refractivity contribution in [3.63, 3.8) is 0 Å². The Morgan fingerprint density at radius 3 is 2.12 bits per heavy atom. The van der Waals surface area contributed by atoms with E-state index in [0.717, 1.165) is 6.04 Å². The van der Waals surface area contributed by atoms with Crippen molar-refractivity contribution in [2.75, 3.05) is 7.05 Å².